The molecule has 0 unspecified atom stereocenters. The molecule has 10 heteroatoms. The first-order valence-corrected chi connectivity index (χ1v) is 9.06. The van der Waals surface area contributed by atoms with Gasteiger partial charge in [-0.2, -0.15) is 0 Å². The molecule has 0 bridgehead atoms. The van der Waals surface area contributed by atoms with Crippen molar-refractivity contribution in [2.24, 2.45) is 0 Å². The minimum atomic E-state index is -0.513. The number of carbonyl (C=O) groups is 3. The zero-order valence-electron chi connectivity index (χ0n) is 15.6. The Morgan fingerprint density at radius 2 is 1.69 bits per heavy atom. The molecule has 0 atom stereocenters. The Bertz CT molecular complexity index is 934. The number of hydrazine groups is 1. The first kappa shape index (κ1) is 22.1. The van der Waals surface area contributed by atoms with E-state index in [0.717, 1.165) is 5.56 Å². The lowest BCUT2D eigenvalue weighted by Crippen LogP contribution is -2.49. The fourth-order valence-corrected chi connectivity index (χ4v) is 2.53. The fraction of sp³-hybridized carbons (Fsp3) is 0.158. The molecule has 3 N–H and O–H groups in total. The van der Waals surface area contributed by atoms with Gasteiger partial charge in [0.1, 0.15) is 5.75 Å². The molecule has 2 rings (SSSR count). The van der Waals surface area contributed by atoms with Gasteiger partial charge in [0.25, 0.3) is 11.8 Å². The van der Waals surface area contributed by atoms with Crippen LogP contribution in [0.5, 0.6) is 5.75 Å². The largest absolute Gasteiger partial charge is 0.483 e. The van der Waals surface area contributed by atoms with Crippen molar-refractivity contribution in [3.8, 4) is 5.75 Å². The molecule has 0 spiro atoms. The van der Waals surface area contributed by atoms with E-state index in [4.69, 9.17) is 28.6 Å². The maximum atomic E-state index is 12.1. The summed E-state index contributed by atoms with van der Waals surface area (Å²) >= 11 is 10.8. The highest BCUT2D eigenvalue weighted by Gasteiger charge is 2.11. The van der Waals surface area contributed by atoms with Gasteiger partial charge in [-0.15, -0.1) is 0 Å². The molecular formula is C19H18ClN3O5S. The van der Waals surface area contributed by atoms with E-state index >= 15 is 0 Å². The number of amides is 2. The lowest BCUT2D eigenvalue weighted by atomic mass is 10.1. The number of methoxy groups -OCH3 is 1. The van der Waals surface area contributed by atoms with E-state index in [2.05, 4.69) is 20.9 Å². The van der Waals surface area contributed by atoms with Crippen LogP contribution in [0.2, 0.25) is 5.02 Å². The Balaban J connectivity index is 1.77. The van der Waals surface area contributed by atoms with Gasteiger partial charge in [0, 0.05) is 10.6 Å². The number of ether oxygens (including phenoxy) is 2. The second-order valence-corrected chi connectivity index (χ2v) is 6.57. The summed E-state index contributed by atoms with van der Waals surface area (Å²) in [5.41, 5.74) is 6.10. The summed E-state index contributed by atoms with van der Waals surface area (Å²) in [5, 5.41) is 2.86. The Hall–Kier alpha value is -3.17. The minimum Gasteiger partial charge on any atom is -0.483 e. The molecule has 2 aromatic carbocycles. The quantitative estimate of drug-likeness (QED) is 0.375. The second kappa shape index (κ2) is 10.4. The van der Waals surface area contributed by atoms with Gasteiger partial charge >= 0.3 is 5.97 Å². The van der Waals surface area contributed by atoms with Crippen LogP contribution in [0.15, 0.2) is 42.5 Å². The van der Waals surface area contributed by atoms with Gasteiger partial charge in [-0.3, -0.25) is 25.8 Å². The molecule has 152 valence electrons. The van der Waals surface area contributed by atoms with Crippen LogP contribution in [-0.4, -0.2) is 36.6 Å². The molecule has 0 saturated heterocycles. The Kier molecular flexibility index (Phi) is 7.93. The summed E-state index contributed by atoms with van der Waals surface area (Å²) in [6, 6.07) is 10.8. The average Bonchev–Trinajstić information content (AvgIpc) is 2.71. The molecule has 0 saturated carbocycles. The number of hydrogen-bond acceptors (Lipinski definition) is 6. The standard InChI is InChI=1S/C19H18ClN3O5S/c1-11-9-14(20)7-8-15(11)28-10-16(24)22-23-19(29)21-17(25)12-3-5-13(6-4-12)18(26)27-2/h3-9H,10H2,1-2H3,(H,22,24)(H2,21,23,25,29). The van der Waals surface area contributed by atoms with Crippen molar-refractivity contribution in [3.63, 3.8) is 0 Å². The lowest BCUT2D eigenvalue weighted by Gasteiger charge is -2.12. The summed E-state index contributed by atoms with van der Waals surface area (Å²) in [6.45, 7) is 1.54. The van der Waals surface area contributed by atoms with Crippen molar-refractivity contribution in [2.45, 2.75) is 6.92 Å². The predicted octanol–water partition coefficient (Wildman–Crippen LogP) is 2.15. The Morgan fingerprint density at radius 3 is 2.31 bits per heavy atom. The van der Waals surface area contributed by atoms with Crippen LogP contribution >= 0.6 is 23.8 Å². The molecule has 0 heterocycles. The van der Waals surface area contributed by atoms with E-state index in [1.807, 2.05) is 0 Å². The SMILES string of the molecule is COC(=O)c1ccc(C(=O)NC(=S)NNC(=O)COc2ccc(Cl)cc2C)cc1. The maximum absolute atomic E-state index is 12.1. The molecule has 0 radical (unpaired) electrons. The molecule has 0 aliphatic rings. The summed E-state index contributed by atoms with van der Waals surface area (Å²) < 4.78 is 9.99. The summed E-state index contributed by atoms with van der Waals surface area (Å²) in [5.74, 6) is -0.997. The number of aryl methyl sites for hydroxylation is 1. The van der Waals surface area contributed by atoms with Crippen molar-refractivity contribution in [1.82, 2.24) is 16.2 Å². The smallest absolute Gasteiger partial charge is 0.337 e. The molecule has 0 fully saturated rings. The van der Waals surface area contributed by atoms with Crippen molar-refractivity contribution in [2.75, 3.05) is 13.7 Å². The van der Waals surface area contributed by atoms with Gasteiger partial charge in [0.2, 0.25) is 0 Å². The van der Waals surface area contributed by atoms with Crippen LogP contribution in [0.1, 0.15) is 26.3 Å². The summed E-state index contributed by atoms with van der Waals surface area (Å²) in [7, 11) is 1.27. The third kappa shape index (κ3) is 6.74. The normalized spacial score (nSPS) is 9.90. The number of hydrogen-bond donors (Lipinski definition) is 3. The van der Waals surface area contributed by atoms with Crippen molar-refractivity contribution in [3.05, 3.63) is 64.2 Å². The van der Waals surface area contributed by atoms with Gasteiger partial charge in [0.15, 0.2) is 11.7 Å². The van der Waals surface area contributed by atoms with Crippen LogP contribution in [-0.2, 0) is 9.53 Å². The van der Waals surface area contributed by atoms with Crippen molar-refractivity contribution >= 4 is 46.7 Å². The molecule has 29 heavy (non-hydrogen) atoms. The van der Waals surface area contributed by atoms with Crippen LogP contribution in [0, 0.1) is 6.92 Å². The Morgan fingerprint density at radius 1 is 1.03 bits per heavy atom. The molecule has 0 aliphatic carbocycles. The van der Waals surface area contributed by atoms with Gasteiger partial charge in [-0.1, -0.05) is 11.6 Å². The monoisotopic (exact) mass is 435 g/mol. The van der Waals surface area contributed by atoms with Crippen LogP contribution in [0.3, 0.4) is 0 Å². The van der Waals surface area contributed by atoms with Gasteiger partial charge in [-0.05, 0) is 67.2 Å². The van der Waals surface area contributed by atoms with E-state index < -0.39 is 17.8 Å². The van der Waals surface area contributed by atoms with E-state index in [1.165, 1.54) is 31.4 Å². The van der Waals surface area contributed by atoms with Crippen molar-refractivity contribution in [1.29, 1.82) is 0 Å². The van der Waals surface area contributed by atoms with Crippen LogP contribution in [0.25, 0.3) is 0 Å². The highest BCUT2D eigenvalue weighted by molar-refractivity contribution is 7.80. The minimum absolute atomic E-state index is 0.108. The molecule has 0 aromatic heterocycles. The van der Waals surface area contributed by atoms with E-state index in [1.54, 1.807) is 25.1 Å². The first-order valence-electron chi connectivity index (χ1n) is 8.27. The van der Waals surface area contributed by atoms with E-state index in [-0.39, 0.29) is 17.3 Å². The van der Waals surface area contributed by atoms with E-state index in [0.29, 0.717) is 16.3 Å². The zero-order chi connectivity index (χ0) is 21.4. The Labute approximate surface area is 177 Å². The number of rotatable bonds is 5. The number of nitrogens with one attached hydrogen (secondary N) is 3. The number of thiocarbonyl (C=S) groups is 1. The topological polar surface area (TPSA) is 106 Å². The molecule has 2 aromatic rings. The molecular weight excluding hydrogens is 418 g/mol. The average molecular weight is 436 g/mol. The highest BCUT2D eigenvalue weighted by atomic mass is 35.5. The fourth-order valence-electron chi connectivity index (χ4n) is 2.16. The molecule has 2 amide bonds. The lowest BCUT2D eigenvalue weighted by molar-refractivity contribution is -0.123. The van der Waals surface area contributed by atoms with Gasteiger partial charge in [0.05, 0.1) is 12.7 Å². The third-order valence-corrected chi connectivity index (χ3v) is 4.05. The first-order chi connectivity index (χ1) is 13.8. The van der Waals surface area contributed by atoms with Crippen LogP contribution in [0.4, 0.5) is 0 Å². The molecule has 0 aliphatic heterocycles. The summed E-state index contributed by atoms with van der Waals surface area (Å²) in [4.78, 5) is 35.4. The van der Waals surface area contributed by atoms with Crippen LogP contribution < -0.4 is 20.9 Å². The number of esters is 1. The van der Waals surface area contributed by atoms with Gasteiger partial charge in [-0.25, -0.2) is 4.79 Å². The maximum Gasteiger partial charge on any atom is 0.337 e. The second-order valence-electron chi connectivity index (χ2n) is 5.72. The van der Waals surface area contributed by atoms with E-state index in [9.17, 15) is 14.4 Å². The highest BCUT2D eigenvalue weighted by Crippen LogP contribution is 2.21. The number of benzene rings is 2. The zero-order valence-corrected chi connectivity index (χ0v) is 17.1. The van der Waals surface area contributed by atoms with Gasteiger partial charge < -0.3 is 9.47 Å². The number of halogens is 1. The summed E-state index contributed by atoms with van der Waals surface area (Å²) in [6.07, 6.45) is 0. The van der Waals surface area contributed by atoms with Crippen molar-refractivity contribution < 1.29 is 23.9 Å². The molecule has 8 nitrogen and oxygen atoms in total. The number of carbonyl (C=O) groups excluding carboxylic acids is 3. The third-order valence-electron chi connectivity index (χ3n) is 3.61. The predicted molar refractivity (Wildman–Crippen MR) is 111 cm³/mol.